The predicted molar refractivity (Wildman–Crippen MR) is 117 cm³/mol. The number of aromatic hydroxyl groups is 1. The van der Waals surface area contributed by atoms with Crippen molar-refractivity contribution in [1.29, 1.82) is 0 Å². The van der Waals surface area contributed by atoms with Crippen LogP contribution in [0.25, 0.3) is 0 Å². The lowest BCUT2D eigenvalue weighted by atomic mass is 9.72. The van der Waals surface area contributed by atoms with Crippen LogP contribution in [0.3, 0.4) is 0 Å². The van der Waals surface area contributed by atoms with Crippen molar-refractivity contribution in [2.45, 2.75) is 24.9 Å². The normalized spacial score (nSPS) is 18.2. The molecule has 3 aromatic carbocycles. The average Bonchev–Trinajstić information content (AvgIpc) is 3.06. The molecule has 0 unspecified atom stereocenters. The number of rotatable bonds is 7. The Hall–Kier alpha value is -3.31. The number of aldehydes is 1. The van der Waals surface area contributed by atoms with Crippen molar-refractivity contribution in [2.24, 2.45) is 0 Å². The number of phenols is 1. The van der Waals surface area contributed by atoms with Crippen molar-refractivity contribution in [3.8, 4) is 17.2 Å². The van der Waals surface area contributed by atoms with E-state index in [9.17, 15) is 14.7 Å². The molecule has 4 rings (SSSR count). The fraction of sp³-hybridized carbons (Fsp3) is 0.200. The van der Waals surface area contributed by atoms with Crippen molar-refractivity contribution < 1.29 is 24.2 Å². The summed E-state index contributed by atoms with van der Waals surface area (Å²) in [6, 6.07) is 19.0. The van der Waals surface area contributed by atoms with Gasteiger partial charge in [-0.05, 0) is 24.6 Å². The average molecular weight is 437 g/mol. The maximum atomic E-state index is 13.9. The second kappa shape index (κ2) is 8.44. The van der Waals surface area contributed by atoms with Gasteiger partial charge in [-0.1, -0.05) is 54.1 Å². The molecule has 5 nitrogen and oxygen atoms in total. The lowest BCUT2D eigenvalue weighted by molar-refractivity contribution is -0.109. The Morgan fingerprint density at radius 3 is 2.48 bits per heavy atom. The van der Waals surface area contributed by atoms with Crippen molar-refractivity contribution in [3.05, 3.63) is 88.4 Å². The molecular weight excluding hydrogens is 416 g/mol. The number of ketones is 1. The number of hydrogen-bond donors (Lipinski definition) is 1. The summed E-state index contributed by atoms with van der Waals surface area (Å²) in [5, 5.41) is 11.2. The van der Waals surface area contributed by atoms with Crippen molar-refractivity contribution >= 4 is 23.7 Å². The van der Waals surface area contributed by atoms with Crippen LogP contribution in [0.15, 0.2) is 66.7 Å². The summed E-state index contributed by atoms with van der Waals surface area (Å²) in [4.78, 5) is 25.6. The number of phenolic OH excluding ortho intramolecular Hbond substituents is 1. The molecule has 0 fully saturated rings. The van der Waals surface area contributed by atoms with E-state index in [-0.39, 0.29) is 23.5 Å². The first-order valence-electron chi connectivity index (χ1n) is 9.99. The zero-order valence-electron chi connectivity index (χ0n) is 16.9. The minimum absolute atomic E-state index is 0.0471. The highest BCUT2D eigenvalue weighted by atomic mass is 35.5. The number of halogens is 1. The van der Waals surface area contributed by atoms with Crippen molar-refractivity contribution in [1.82, 2.24) is 0 Å². The summed E-state index contributed by atoms with van der Waals surface area (Å²) >= 11 is 6.09. The van der Waals surface area contributed by atoms with Gasteiger partial charge in [-0.3, -0.25) is 4.79 Å². The van der Waals surface area contributed by atoms with Crippen LogP contribution in [-0.4, -0.2) is 23.8 Å². The molecule has 6 heteroatoms. The summed E-state index contributed by atoms with van der Waals surface area (Å²) in [7, 11) is 0. The molecule has 0 aromatic heterocycles. The van der Waals surface area contributed by atoms with Gasteiger partial charge < -0.3 is 19.4 Å². The second-order valence-corrected chi connectivity index (χ2v) is 7.72. The smallest absolute Gasteiger partial charge is 0.219 e. The van der Waals surface area contributed by atoms with Crippen LogP contribution in [0, 0.1) is 0 Å². The SMILES string of the molecule is CCOc1cc(O)c2c(c1)O[C@@](c1ccc(Cl)cc1)([C@@H](CC=O)c1ccccc1)C2=O. The number of carbonyl (C=O) groups is 2. The van der Waals surface area contributed by atoms with Gasteiger partial charge in [0, 0.05) is 35.1 Å². The third-order valence-electron chi connectivity index (χ3n) is 5.50. The van der Waals surface area contributed by atoms with Crippen LogP contribution in [0.4, 0.5) is 0 Å². The highest BCUT2D eigenvalue weighted by Crippen LogP contribution is 2.53. The molecule has 0 amide bonds. The van der Waals surface area contributed by atoms with E-state index in [2.05, 4.69) is 0 Å². The molecule has 1 aliphatic rings. The van der Waals surface area contributed by atoms with E-state index in [0.29, 0.717) is 22.9 Å². The lowest BCUT2D eigenvalue weighted by Crippen LogP contribution is -2.43. The number of Topliss-reactive ketones (excluding diaryl/α,β-unsaturated/α-hetero) is 1. The van der Waals surface area contributed by atoms with Gasteiger partial charge in [0.25, 0.3) is 0 Å². The molecule has 1 heterocycles. The van der Waals surface area contributed by atoms with E-state index in [0.717, 1.165) is 11.8 Å². The van der Waals surface area contributed by atoms with E-state index < -0.39 is 17.3 Å². The molecule has 0 spiro atoms. The molecule has 2 atom stereocenters. The molecule has 0 saturated heterocycles. The third-order valence-corrected chi connectivity index (χ3v) is 5.75. The molecule has 0 bridgehead atoms. The Balaban J connectivity index is 1.95. The van der Waals surface area contributed by atoms with E-state index in [4.69, 9.17) is 21.1 Å². The fourth-order valence-corrected chi connectivity index (χ4v) is 4.30. The number of benzene rings is 3. The van der Waals surface area contributed by atoms with Crippen LogP contribution < -0.4 is 9.47 Å². The van der Waals surface area contributed by atoms with Gasteiger partial charge >= 0.3 is 0 Å². The highest BCUT2D eigenvalue weighted by molar-refractivity contribution is 6.30. The largest absolute Gasteiger partial charge is 0.507 e. The Morgan fingerprint density at radius 1 is 1.13 bits per heavy atom. The van der Waals surface area contributed by atoms with E-state index >= 15 is 0 Å². The lowest BCUT2D eigenvalue weighted by Gasteiger charge is -2.35. The molecular formula is C25H21ClO5. The van der Waals surface area contributed by atoms with Gasteiger partial charge in [-0.25, -0.2) is 0 Å². The van der Waals surface area contributed by atoms with Crippen LogP contribution in [0.2, 0.25) is 5.02 Å². The second-order valence-electron chi connectivity index (χ2n) is 7.29. The topological polar surface area (TPSA) is 72.8 Å². The zero-order valence-corrected chi connectivity index (χ0v) is 17.6. The van der Waals surface area contributed by atoms with Crippen LogP contribution in [0.5, 0.6) is 17.2 Å². The van der Waals surface area contributed by atoms with Crippen molar-refractivity contribution in [2.75, 3.05) is 6.61 Å². The van der Waals surface area contributed by atoms with E-state index in [1.807, 2.05) is 37.3 Å². The fourth-order valence-electron chi connectivity index (χ4n) is 4.18. The standard InChI is InChI=1S/C25H21ClO5/c1-2-30-19-14-21(28)23-22(15-19)31-25(24(23)29,17-8-10-18(26)11-9-17)20(12-13-27)16-6-4-3-5-7-16/h3-11,13-15,20,28H,2,12H2,1H3/t20-,25-/m0/s1. The maximum absolute atomic E-state index is 13.9. The molecule has 1 N–H and O–H groups in total. The Bertz CT molecular complexity index is 1110. The van der Waals surface area contributed by atoms with Gasteiger partial charge in [0.2, 0.25) is 11.4 Å². The van der Waals surface area contributed by atoms with Gasteiger partial charge in [-0.15, -0.1) is 0 Å². The third kappa shape index (κ3) is 3.55. The van der Waals surface area contributed by atoms with Crippen molar-refractivity contribution in [3.63, 3.8) is 0 Å². The van der Waals surface area contributed by atoms with E-state index in [1.165, 1.54) is 6.07 Å². The summed E-state index contributed by atoms with van der Waals surface area (Å²) < 4.78 is 11.9. The first kappa shape index (κ1) is 20.9. The molecule has 0 radical (unpaired) electrons. The molecule has 31 heavy (non-hydrogen) atoms. The highest BCUT2D eigenvalue weighted by Gasteiger charge is 2.56. The first-order valence-corrected chi connectivity index (χ1v) is 10.4. The van der Waals surface area contributed by atoms with Gasteiger partial charge in [0.1, 0.15) is 29.1 Å². The van der Waals surface area contributed by atoms with Gasteiger partial charge in [0.05, 0.1) is 6.61 Å². The molecule has 158 valence electrons. The Labute approximate surface area is 185 Å². The first-order chi connectivity index (χ1) is 15.0. The minimum Gasteiger partial charge on any atom is -0.507 e. The van der Waals surface area contributed by atoms with E-state index in [1.54, 1.807) is 30.3 Å². The van der Waals surface area contributed by atoms with Gasteiger partial charge in [-0.2, -0.15) is 0 Å². The monoisotopic (exact) mass is 436 g/mol. The number of ether oxygens (including phenoxy) is 2. The van der Waals surface area contributed by atoms with Crippen LogP contribution >= 0.6 is 11.6 Å². The molecule has 0 saturated carbocycles. The summed E-state index contributed by atoms with van der Waals surface area (Å²) in [5.41, 5.74) is -0.149. The summed E-state index contributed by atoms with van der Waals surface area (Å²) in [5.74, 6) is -0.650. The number of fused-ring (bicyclic) bond motifs is 1. The number of carbonyl (C=O) groups excluding carboxylic acids is 2. The van der Waals surface area contributed by atoms with Gasteiger partial charge in [0.15, 0.2) is 0 Å². The molecule has 0 aliphatic carbocycles. The molecule has 1 aliphatic heterocycles. The summed E-state index contributed by atoms with van der Waals surface area (Å²) in [6.07, 6.45) is 0.825. The Morgan fingerprint density at radius 2 is 1.84 bits per heavy atom. The predicted octanol–water partition coefficient (Wildman–Crippen LogP) is 5.29. The summed E-state index contributed by atoms with van der Waals surface area (Å²) in [6.45, 7) is 2.22. The molecule has 3 aromatic rings. The Kier molecular flexibility index (Phi) is 5.70. The quantitative estimate of drug-likeness (QED) is 0.509. The minimum atomic E-state index is -1.54. The van der Waals surface area contributed by atoms with Crippen LogP contribution in [-0.2, 0) is 10.4 Å². The van der Waals surface area contributed by atoms with Crippen LogP contribution in [0.1, 0.15) is 40.7 Å². The maximum Gasteiger partial charge on any atom is 0.219 e. The number of hydrogen-bond acceptors (Lipinski definition) is 5. The zero-order chi connectivity index (χ0) is 22.0.